The molecule has 2 atom stereocenters. The fraction of sp³-hybridized carbons (Fsp3) is 0.400. The molecule has 2 aliphatic rings. The van der Waals surface area contributed by atoms with Crippen molar-refractivity contribution in [2.24, 2.45) is 5.92 Å². The molecule has 2 aromatic rings. The van der Waals surface area contributed by atoms with Gasteiger partial charge in [0.05, 0.1) is 6.26 Å². The second-order valence-corrected chi connectivity index (χ2v) is 6.85. The average molecular weight is 338 g/mol. The molecule has 1 aliphatic heterocycles. The fourth-order valence-electron chi connectivity index (χ4n) is 3.53. The zero-order valence-corrected chi connectivity index (χ0v) is 14.1. The van der Waals surface area contributed by atoms with E-state index in [2.05, 4.69) is 5.32 Å². The number of nitrogens with zero attached hydrogens (tertiary/aromatic N) is 1. The summed E-state index contributed by atoms with van der Waals surface area (Å²) in [5, 5.41) is 3.01. The summed E-state index contributed by atoms with van der Waals surface area (Å²) in [6, 6.07) is 11.7. The van der Waals surface area contributed by atoms with Crippen LogP contribution in [0.25, 0.3) is 0 Å². The van der Waals surface area contributed by atoms with E-state index in [1.807, 2.05) is 41.3 Å². The van der Waals surface area contributed by atoms with Gasteiger partial charge in [0.2, 0.25) is 11.8 Å². The van der Waals surface area contributed by atoms with Crippen molar-refractivity contribution in [1.29, 1.82) is 0 Å². The quantitative estimate of drug-likeness (QED) is 0.910. The molecule has 1 aromatic heterocycles. The Labute approximate surface area is 147 Å². The van der Waals surface area contributed by atoms with Crippen LogP contribution in [0.3, 0.4) is 0 Å². The Kier molecular flexibility index (Phi) is 4.30. The van der Waals surface area contributed by atoms with Crippen LogP contribution in [0.2, 0.25) is 0 Å². The van der Waals surface area contributed by atoms with Gasteiger partial charge in [0.25, 0.3) is 0 Å². The molecule has 0 unspecified atom stereocenters. The Hall–Kier alpha value is -2.56. The van der Waals surface area contributed by atoms with Crippen molar-refractivity contribution in [3.8, 4) is 0 Å². The van der Waals surface area contributed by atoms with Crippen molar-refractivity contribution >= 4 is 17.5 Å². The second kappa shape index (κ2) is 6.75. The molecule has 2 fully saturated rings. The molecule has 2 heterocycles. The van der Waals surface area contributed by atoms with E-state index < -0.39 is 0 Å². The molecule has 25 heavy (non-hydrogen) atoms. The highest BCUT2D eigenvalue weighted by atomic mass is 16.3. The van der Waals surface area contributed by atoms with Crippen molar-refractivity contribution in [2.45, 2.75) is 38.1 Å². The van der Waals surface area contributed by atoms with Gasteiger partial charge in [-0.3, -0.25) is 9.59 Å². The van der Waals surface area contributed by atoms with E-state index in [-0.39, 0.29) is 23.7 Å². The number of furan rings is 1. The molecule has 1 aromatic carbocycles. The van der Waals surface area contributed by atoms with Gasteiger partial charge >= 0.3 is 0 Å². The summed E-state index contributed by atoms with van der Waals surface area (Å²) in [7, 11) is 0. The van der Waals surface area contributed by atoms with Crippen LogP contribution in [-0.4, -0.2) is 18.4 Å². The predicted octanol–water partition coefficient (Wildman–Crippen LogP) is 3.22. The lowest BCUT2D eigenvalue weighted by molar-refractivity contribution is -0.122. The van der Waals surface area contributed by atoms with Gasteiger partial charge < -0.3 is 14.6 Å². The highest BCUT2D eigenvalue weighted by molar-refractivity contribution is 5.94. The van der Waals surface area contributed by atoms with Crippen LogP contribution < -0.4 is 10.2 Å². The standard InChI is InChI=1S/C20H22N2O3/c23-19-8-1-2-9-22(19)15-6-3-5-14(11-15)13-21-20(24)17-12-16(17)18-7-4-10-25-18/h3-7,10-11,16-17H,1-2,8-9,12-13H2,(H,21,24)/t16-,17+/m0/s1. The van der Waals surface area contributed by atoms with Crippen LogP contribution in [0.5, 0.6) is 0 Å². The first-order chi connectivity index (χ1) is 12.2. The molecule has 5 nitrogen and oxygen atoms in total. The number of rotatable bonds is 5. The lowest BCUT2D eigenvalue weighted by Crippen LogP contribution is -2.35. The number of nitrogens with one attached hydrogen (secondary N) is 1. The summed E-state index contributed by atoms with van der Waals surface area (Å²) in [6.45, 7) is 1.26. The van der Waals surface area contributed by atoms with Gasteiger partial charge in [0.1, 0.15) is 5.76 Å². The minimum atomic E-state index is 0.0120. The number of anilines is 1. The molecule has 2 amide bonds. The van der Waals surface area contributed by atoms with Crippen molar-refractivity contribution in [3.63, 3.8) is 0 Å². The third kappa shape index (κ3) is 3.45. The Balaban J connectivity index is 1.35. The van der Waals surface area contributed by atoms with E-state index in [0.717, 1.165) is 42.8 Å². The molecule has 1 saturated carbocycles. The molecule has 1 N–H and O–H groups in total. The van der Waals surface area contributed by atoms with Gasteiger partial charge in [-0.1, -0.05) is 12.1 Å². The van der Waals surface area contributed by atoms with E-state index in [1.165, 1.54) is 0 Å². The molecule has 0 spiro atoms. The maximum absolute atomic E-state index is 12.3. The minimum absolute atomic E-state index is 0.0120. The topological polar surface area (TPSA) is 62.6 Å². The number of benzene rings is 1. The summed E-state index contributed by atoms with van der Waals surface area (Å²) >= 11 is 0. The number of hydrogen-bond acceptors (Lipinski definition) is 3. The zero-order valence-electron chi connectivity index (χ0n) is 14.1. The van der Waals surface area contributed by atoms with Crippen LogP contribution in [0.1, 0.15) is 42.9 Å². The lowest BCUT2D eigenvalue weighted by atomic mass is 10.1. The Bertz CT molecular complexity index is 769. The molecule has 1 aliphatic carbocycles. The van der Waals surface area contributed by atoms with Gasteiger partial charge in [-0.2, -0.15) is 0 Å². The van der Waals surface area contributed by atoms with Gasteiger partial charge in [-0.05, 0) is 49.1 Å². The Morgan fingerprint density at radius 3 is 2.96 bits per heavy atom. The van der Waals surface area contributed by atoms with Crippen molar-refractivity contribution in [2.75, 3.05) is 11.4 Å². The minimum Gasteiger partial charge on any atom is -0.469 e. The van der Waals surface area contributed by atoms with Crippen LogP contribution in [0, 0.1) is 5.92 Å². The van der Waals surface area contributed by atoms with E-state index >= 15 is 0 Å². The van der Waals surface area contributed by atoms with E-state index in [1.54, 1.807) is 6.26 Å². The average Bonchev–Trinajstić information content (AvgIpc) is 3.25. The fourth-order valence-corrected chi connectivity index (χ4v) is 3.53. The third-order valence-corrected chi connectivity index (χ3v) is 5.05. The molecule has 5 heteroatoms. The van der Waals surface area contributed by atoms with Crippen LogP contribution in [0.4, 0.5) is 5.69 Å². The van der Waals surface area contributed by atoms with Crippen molar-refractivity contribution in [1.82, 2.24) is 5.32 Å². The van der Waals surface area contributed by atoms with Crippen molar-refractivity contribution < 1.29 is 14.0 Å². The first-order valence-electron chi connectivity index (χ1n) is 8.93. The normalized spacial score (nSPS) is 22.7. The summed E-state index contributed by atoms with van der Waals surface area (Å²) in [4.78, 5) is 26.2. The van der Waals surface area contributed by atoms with Gasteiger partial charge in [0, 0.05) is 37.0 Å². The summed E-state index contributed by atoms with van der Waals surface area (Å²) in [5.41, 5.74) is 1.94. The highest BCUT2D eigenvalue weighted by Crippen LogP contribution is 2.47. The van der Waals surface area contributed by atoms with Crippen LogP contribution in [0.15, 0.2) is 47.1 Å². The van der Waals surface area contributed by atoms with Gasteiger partial charge in [-0.25, -0.2) is 0 Å². The van der Waals surface area contributed by atoms with E-state index in [0.29, 0.717) is 13.0 Å². The molecular formula is C20H22N2O3. The number of hydrogen-bond donors (Lipinski definition) is 1. The summed E-state index contributed by atoms with van der Waals surface area (Å²) in [6.07, 6.45) is 5.14. The largest absolute Gasteiger partial charge is 0.469 e. The van der Waals surface area contributed by atoms with Crippen LogP contribution in [-0.2, 0) is 16.1 Å². The van der Waals surface area contributed by atoms with Crippen molar-refractivity contribution in [3.05, 3.63) is 54.0 Å². The maximum atomic E-state index is 12.3. The first kappa shape index (κ1) is 15.9. The second-order valence-electron chi connectivity index (χ2n) is 6.85. The lowest BCUT2D eigenvalue weighted by Gasteiger charge is -2.27. The molecular weight excluding hydrogens is 316 g/mol. The Morgan fingerprint density at radius 1 is 1.24 bits per heavy atom. The predicted molar refractivity (Wildman–Crippen MR) is 94.0 cm³/mol. The summed E-state index contributed by atoms with van der Waals surface area (Å²) in [5.74, 6) is 1.38. The third-order valence-electron chi connectivity index (χ3n) is 5.05. The number of carbonyl (C=O) groups excluding carboxylic acids is 2. The Morgan fingerprint density at radius 2 is 2.16 bits per heavy atom. The molecule has 1 saturated heterocycles. The molecule has 0 bridgehead atoms. The number of amides is 2. The van der Waals surface area contributed by atoms with Gasteiger partial charge in [-0.15, -0.1) is 0 Å². The monoisotopic (exact) mass is 338 g/mol. The van der Waals surface area contributed by atoms with E-state index in [9.17, 15) is 9.59 Å². The first-order valence-corrected chi connectivity index (χ1v) is 8.93. The van der Waals surface area contributed by atoms with E-state index in [4.69, 9.17) is 4.42 Å². The molecule has 0 radical (unpaired) electrons. The zero-order chi connectivity index (χ0) is 17.2. The molecule has 4 rings (SSSR count). The summed E-state index contributed by atoms with van der Waals surface area (Å²) < 4.78 is 5.38. The number of carbonyl (C=O) groups is 2. The molecule has 130 valence electrons. The van der Waals surface area contributed by atoms with Crippen LogP contribution >= 0.6 is 0 Å². The smallest absolute Gasteiger partial charge is 0.226 e. The SMILES string of the molecule is O=C(NCc1cccc(N2CCCCC2=O)c1)[C@@H]1C[C@@H]1c1ccco1. The number of piperidine rings is 1. The maximum Gasteiger partial charge on any atom is 0.226 e. The highest BCUT2D eigenvalue weighted by Gasteiger charge is 2.45. The van der Waals surface area contributed by atoms with Gasteiger partial charge in [0.15, 0.2) is 0 Å².